The molecule has 2 aromatic rings. The van der Waals surface area contributed by atoms with Gasteiger partial charge < -0.3 is 19.1 Å². The smallest absolute Gasteiger partial charge is 0.491 e. The highest BCUT2D eigenvalue weighted by molar-refractivity contribution is 7.92. The van der Waals surface area contributed by atoms with E-state index in [1.165, 1.54) is 0 Å². The molecule has 0 aliphatic rings. The molecule has 0 spiro atoms. The summed E-state index contributed by atoms with van der Waals surface area (Å²) in [5.41, 5.74) is -2.38. The van der Waals surface area contributed by atoms with Crippen molar-refractivity contribution in [1.82, 2.24) is 0 Å². The topological polar surface area (TPSA) is 65.1 Å². The maximum absolute atomic E-state index is 12.2. The molecule has 0 unspecified atom stereocenters. The van der Waals surface area contributed by atoms with Crippen LogP contribution in [0, 0.1) is 11.8 Å². The quantitative estimate of drug-likeness (QED) is 0.359. The average molecular weight is 486 g/mol. The Bertz CT molecular complexity index is 1020. The standard InChI is InChI=1S/C23H26F3NO5S/c1-27(2)21-9-5-19(6-10-21)3-4-20-7-11-22(12-8-20)32-16-15-30-13-14-31-17-18-33(28,29)23(24,25)26/h5-12H,13-18H2,1-2H3. The summed E-state index contributed by atoms with van der Waals surface area (Å²) in [6, 6.07) is 15.2. The number of ether oxygens (including phenoxy) is 3. The normalized spacial score (nSPS) is 11.5. The highest BCUT2D eigenvalue weighted by Gasteiger charge is 2.44. The number of rotatable bonds is 11. The summed E-state index contributed by atoms with van der Waals surface area (Å²) in [5.74, 6) is 5.75. The second kappa shape index (κ2) is 12.5. The van der Waals surface area contributed by atoms with Gasteiger partial charge in [-0.1, -0.05) is 11.8 Å². The van der Waals surface area contributed by atoms with Crippen LogP contribution in [0.4, 0.5) is 18.9 Å². The molecule has 0 aromatic heterocycles. The van der Waals surface area contributed by atoms with Crippen molar-refractivity contribution in [1.29, 1.82) is 0 Å². The SMILES string of the molecule is CN(C)c1ccc(C#Cc2ccc(OCCOCCOCCS(=O)(=O)C(F)(F)F)cc2)cc1. The van der Waals surface area contributed by atoms with Gasteiger partial charge in [0.25, 0.3) is 0 Å². The summed E-state index contributed by atoms with van der Waals surface area (Å²) in [6.45, 7) is 0.0663. The largest absolute Gasteiger partial charge is 0.497 e. The van der Waals surface area contributed by atoms with E-state index in [0.717, 1.165) is 16.8 Å². The summed E-state index contributed by atoms with van der Waals surface area (Å²) < 4.78 is 73.8. The number of sulfone groups is 1. The second-order valence-corrected chi connectivity index (χ2v) is 9.15. The zero-order valence-corrected chi connectivity index (χ0v) is 19.2. The van der Waals surface area contributed by atoms with Gasteiger partial charge in [-0.05, 0) is 48.5 Å². The van der Waals surface area contributed by atoms with E-state index < -0.39 is 27.7 Å². The van der Waals surface area contributed by atoms with Gasteiger partial charge in [-0.15, -0.1) is 0 Å². The monoisotopic (exact) mass is 485 g/mol. The minimum absolute atomic E-state index is 0.0153. The van der Waals surface area contributed by atoms with Gasteiger partial charge in [-0.2, -0.15) is 13.2 Å². The highest BCUT2D eigenvalue weighted by Crippen LogP contribution is 2.23. The number of hydrogen-bond acceptors (Lipinski definition) is 6. The van der Waals surface area contributed by atoms with Crippen LogP contribution in [0.25, 0.3) is 0 Å². The van der Waals surface area contributed by atoms with E-state index in [0.29, 0.717) is 5.75 Å². The Morgan fingerprint density at radius 2 is 1.27 bits per heavy atom. The van der Waals surface area contributed by atoms with E-state index in [2.05, 4.69) is 11.8 Å². The van der Waals surface area contributed by atoms with Crippen molar-refractivity contribution in [2.75, 3.05) is 57.8 Å². The minimum atomic E-state index is -5.26. The Kier molecular flexibility index (Phi) is 10.0. The molecule has 0 aliphatic heterocycles. The predicted octanol–water partition coefficient (Wildman–Crippen LogP) is 3.50. The molecule has 0 fully saturated rings. The summed E-state index contributed by atoms with van der Waals surface area (Å²) in [6.07, 6.45) is 0. The summed E-state index contributed by atoms with van der Waals surface area (Å²) >= 11 is 0. The molecule has 0 saturated carbocycles. The number of anilines is 1. The maximum atomic E-state index is 12.2. The fraction of sp³-hybridized carbons (Fsp3) is 0.391. The van der Waals surface area contributed by atoms with Crippen LogP contribution in [0.3, 0.4) is 0 Å². The van der Waals surface area contributed by atoms with Gasteiger partial charge in [0.1, 0.15) is 12.4 Å². The molecule has 0 amide bonds. The summed E-state index contributed by atoms with van der Waals surface area (Å²) in [7, 11) is -1.19. The van der Waals surface area contributed by atoms with Crippen molar-refractivity contribution in [3.8, 4) is 17.6 Å². The lowest BCUT2D eigenvalue weighted by Crippen LogP contribution is -2.28. The van der Waals surface area contributed by atoms with Gasteiger partial charge in [0.2, 0.25) is 9.84 Å². The molecule has 0 radical (unpaired) electrons. The van der Waals surface area contributed by atoms with E-state index in [4.69, 9.17) is 14.2 Å². The van der Waals surface area contributed by atoms with Crippen LogP contribution < -0.4 is 9.64 Å². The highest BCUT2D eigenvalue weighted by atomic mass is 32.2. The molecule has 10 heteroatoms. The summed E-state index contributed by atoms with van der Waals surface area (Å²) in [5, 5.41) is 0. The first-order valence-corrected chi connectivity index (χ1v) is 11.7. The molecule has 2 aromatic carbocycles. The van der Waals surface area contributed by atoms with Crippen molar-refractivity contribution >= 4 is 15.5 Å². The van der Waals surface area contributed by atoms with Crippen molar-refractivity contribution in [2.45, 2.75) is 5.51 Å². The first-order chi connectivity index (χ1) is 15.6. The number of nitrogens with zero attached hydrogens (tertiary/aromatic N) is 1. The van der Waals surface area contributed by atoms with E-state index in [-0.39, 0.29) is 26.4 Å². The van der Waals surface area contributed by atoms with Crippen molar-refractivity contribution < 1.29 is 35.8 Å². The zero-order chi connectivity index (χ0) is 24.3. The fourth-order valence-electron chi connectivity index (χ4n) is 2.45. The minimum Gasteiger partial charge on any atom is -0.491 e. The Balaban J connectivity index is 1.61. The Morgan fingerprint density at radius 3 is 1.79 bits per heavy atom. The maximum Gasteiger partial charge on any atom is 0.497 e. The van der Waals surface area contributed by atoms with E-state index in [1.54, 1.807) is 12.1 Å². The van der Waals surface area contributed by atoms with Crippen LogP contribution in [0.15, 0.2) is 48.5 Å². The number of alkyl halides is 3. The lowest BCUT2D eigenvalue weighted by atomic mass is 10.1. The molecule has 2 rings (SSSR count). The summed E-state index contributed by atoms with van der Waals surface area (Å²) in [4.78, 5) is 2.02. The molecule has 0 aliphatic carbocycles. The van der Waals surface area contributed by atoms with Crippen molar-refractivity contribution in [3.05, 3.63) is 59.7 Å². The Labute approximate surface area is 192 Å². The molecule has 0 saturated heterocycles. The molecule has 33 heavy (non-hydrogen) atoms. The van der Waals surface area contributed by atoms with Crippen molar-refractivity contribution in [3.63, 3.8) is 0 Å². The van der Waals surface area contributed by atoms with Gasteiger partial charge in [0.05, 0.1) is 32.2 Å². The van der Waals surface area contributed by atoms with Gasteiger partial charge in [-0.25, -0.2) is 8.42 Å². The molecular formula is C23H26F3NO5S. The van der Waals surface area contributed by atoms with Crippen LogP contribution >= 0.6 is 0 Å². The Hall–Kier alpha value is -2.74. The first kappa shape index (κ1) is 26.5. The second-order valence-electron chi connectivity index (χ2n) is 7.05. The van der Waals surface area contributed by atoms with Gasteiger partial charge in [0.15, 0.2) is 0 Å². The molecular weight excluding hydrogens is 459 g/mol. The van der Waals surface area contributed by atoms with Crippen molar-refractivity contribution in [2.24, 2.45) is 0 Å². The van der Waals surface area contributed by atoms with Crippen LogP contribution in [0.1, 0.15) is 11.1 Å². The van der Waals surface area contributed by atoms with Gasteiger partial charge in [-0.3, -0.25) is 0 Å². The first-order valence-electron chi connectivity index (χ1n) is 10.1. The van der Waals surface area contributed by atoms with E-state index in [9.17, 15) is 21.6 Å². The third kappa shape index (κ3) is 9.34. The fourth-order valence-corrected chi connectivity index (χ4v) is 3.02. The third-order valence-electron chi connectivity index (χ3n) is 4.31. The molecule has 0 atom stereocenters. The van der Waals surface area contributed by atoms with Crippen LogP contribution in [-0.2, 0) is 19.3 Å². The molecule has 0 N–H and O–H groups in total. The van der Waals surface area contributed by atoms with Crippen LogP contribution in [0.2, 0.25) is 0 Å². The predicted molar refractivity (Wildman–Crippen MR) is 120 cm³/mol. The number of halogens is 3. The molecule has 180 valence electrons. The van der Waals surface area contributed by atoms with Gasteiger partial charge >= 0.3 is 5.51 Å². The lowest BCUT2D eigenvalue weighted by Gasteiger charge is -2.11. The van der Waals surface area contributed by atoms with E-state index in [1.807, 2.05) is 55.4 Å². The molecule has 6 nitrogen and oxygen atoms in total. The lowest BCUT2D eigenvalue weighted by molar-refractivity contribution is -0.0442. The number of hydrogen-bond donors (Lipinski definition) is 0. The Morgan fingerprint density at radius 1 is 0.788 bits per heavy atom. The van der Waals surface area contributed by atoms with Crippen LogP contribution in [-0.4, -0.2) is 66.8 Å². The average Bonchev–Trinajstić information content (AvgIpc) is 2.76. The zero-order valence-electron chi connectivity index (χ0n) is 18.4. The van der Waals surface area contributed by atoms with E-state index >= 15 is 0 Å². The number of benzene rings is 2. The molecule has 0 bridgehead atoms. The molecule has 0 heterocycles. The van der Waals surface area contributed by atoms with Crippen LogP contribution in [0.5, 0.6) is 5.75 Å². The third-order valence-corrected chi connectivity index (χ3v) is 5.72. The van der Waals surface area contributed by atoms with Gasteiger partial charge in [0, 0.05) is 30.9 Å².